The highest BCUT2D eigenvalue weighted by molar-refractivity contribution is 7.80. The molecular formula is C10H10ClNO3S. The summed E-state index contributed by atoms with van der Waals surface area (Å²) in [6, 6.07) is 4.97. The lowest BCUT2D eigenvalue weighted by Gasteiger charge is -2.05. The van der Waals surface area contributed by atoms with E-state index in [9.17, 15) is 9.59 Å². The van der Waals surface area contributed by atoms with Crippen LogP contribution in [0.2, 0.25) is 5.02 Å². The quantitative estimate of drug-likeness (QED) is 0.716. The fraction of sp³-hybridized carbons (Fsp3) is 0.200. The Labute approximate surface area is 103 Å². The molecule has 0 heterocycles. The topological polar surface area (TPSA) is 66.4 Å². The molecule has 0 atom stereocenters. The van der Waals surface area contributed by atoms with E-state index in [1.54, 1.807) is 18.2 Å². The van der Waals surface area contributed by atoms with Crippen LogP contribution in [0.1, 0.15) is 5.56 Å². The minimum absolute atomic E-state index is 0.0866. The van der Waals surface area contributed by atoms with Crippen LogP contribution in [0.25, 0.3) is 0 Å². The third-order valence-corrected chi connectivity index (χ3v) is 2.49. The zero-order valence-electron chi connectivity index (χ0n) is 8.24. The van der Waals surface area contributed by atoms with Crippen molar-refractivity contribution >= 4 is 36.1 Å². The number of rotatable bonds is 4. The van der Waals surface area contributed by atoms with Gasteiger partial charge in [-0.3, -0.25) is 9.59 Å². The van der Waals surface area contributed by atoms with Gasteiger partial charge in [0.15, 0.2) is 0 Å². The van der Waals surface area contributed by atoms with E-state index in [4.69, 9.17) is 16.7 Å². The van der Waals surface area contributed by atoms with Crippen LogP contribution < -0.4 is 5.32 Å². The van der Waals surface area contributed by atoms with Crippen LogP contribution in [-0.2, 0) is 16.0 Å². The lowest BCUT2D eigenvalue weighted by atomic mass is 10.1. The molecule has 86 valence electrons. The van der Waals surface area contributed by atoms with Gasteiger partial charge in [0.2, 0.25) is 5.91 Å². The largest absolute Gasteiger partial charge is 0.480 e. The number of aliphatic carboxylic acids is 1. The molecular weight excluding hydrogens is 250 g/mol. The number of carbonyl (C=O) groups excluding carboxylic acids is 1. The van der Waals surface area contributed by atoms with Gasteiger partial charge in [0.05, 0.1) is 6.42 Å². The third kappa shape index (κ3) is 4.12. The molecule has 0 saturated heterocycles. The van der Waals surface area contributed by atoms with Crippen LogP contribution in [0, 0.1) is 0 Å². The standard InChI is InChI=1S/C10H10ClNO3S/c11-7-2-1-6(8(16)4-7)3-9(13)12-5-10(14)15/h1-2,4,16H,3,5H2,(H,12,13)(H,14,15). The maximum absolute atomic E-state index is 11.3. The highest BCUT2D eigenvalue weighted by atomic mass is 35.5. The number of hydrogen-bond donors (Lipinski definition) is 3. The maximum Gasteiger partial charge on any atom is 0.322 e. The summed E-state index contributed by atoms with van der Waals surface area (Å²) in [6.07, 6.45) is 0.0866. The Kier molecular flexibility index (Phi) is 4.64. The van der Waals surface area contributed by atoms with Gasteiger partial charge in [-0.1, -0.05) is 17.7 Å². The average Bonchev–Trinajstić information content (AvgIpc) is 2.19. The summed E-state index contributed by atoms with van der Waals surface area (Å²) in [6.45, 7) is -0.381. The van der Waals surface area contributed by atoms with Gasteiger partial charge in [0.1, 0.15) is 6.54 Å². The van der Waals surface area contributed by atoms with Crippen molar-refractivity contribution < 1.29 is 14.7 Å². The molecule has 0 radical (unpaired) electrons. The van der Waals surface area contributed by atoms with E-state index in [1.165, 1.54) is 0 Å². The van der Waals surface area contributed by atoms with Crippen molar-refractivity contribution in [3.63, 3.8) is 0 Å². The summed E-state index contributed by atoms with van der Waals surface area (Å²) < 4.78 is 0. The van der Waals surface area contributed by atoms with E-state index in [0.29, 0.717) is 15.5 Å². The van der Waals surface area contributed by atoms with Crippen molar-refractivity contribution in [2.75, 3.05) is 6.54 Å². The smallest absolute Gasteiger partial charge is 0.322 e. The van der Waals surface area contributed by atoms with Crippen LogP contribution in [0.15, 0.2) is 23.1 Å². The minimum Gasteiger partial charge on any atom is -0.480 e. The molecule has 6 heteroatoms. The van der Waals surface area contributed by atoms with E-state index in [0.717, 1.165) is 0 Å². The molecule has 0 spiro atoms. The van der Waals surface area contributed by atoms with Crippen LogP contribution in [0.5, 0.6) is 0 Å². The predicted octanol–water partition coefficient (Wildman–Crippen LogP) is 1.37. The first kappa shape index (κ1) is 12.9. The van der Waals surface area contributed by atoms with Crippen molar-refractivity contribution in [2.45, 2.75) is 11.3 Å². The molecule has 16 heavy (non-hydrogen) atoms. The van der Waals surface area contributed by atoms with Crippen molar-refractivity contribution in [1.29, 1.82) is 0 Å². The Bertz CT molecular complexity index is 423. The summed E-state index contributed by atoms with van der Waals surface area (Å²) in [5, 5.41) is 11.2. The number of carboxylic acids is 1. The lowest BCUT2D eigenvalue weighted by molar-refractivity contribution is -0.137. The highest BCUT2D eigenvalue weighted by Crippen LogP contribution is 2.19. The Morgan fingerprint density at radius 3 is 2.69 bits per heavy atom. The Hall–Kier alpha value is -1.20. The molecule has 1 amide bonds. The normalized spacial score (nSPS) is 9.88. The zero-order chi connectivity index (χ0) is 12.1. The monoisotopic (exact) mass is 259 g/mol. The van der Waals surface area contributed by atoms with Crippen molar-refractivity contribution in [3.8, 4) is 0 Å². The molecule has 4 nitrogen and oxygen atoms in total. The summed E-state index contributed by atoms with van der Waals surface area (Å²) >= 11 is 9.90. The second kappa shape index (κ2) is 5.77. The van der Waals surface area contributed by atoms with E-state index < -0.39 is 5.97 Å². The molecule has 0 fully saturated rings. The third-order valence-electron chi connectivity index (χ3n) is 1.84. The van der Waals surface area contributed by atoms with Crippen LogP contribution in [0.4, 0.5) is 0 Å². The SMILES string of the molecule is O=C(O)CNC(=O)Cc1ccc(Cl)cc1S. The second-order valence-corrected chi connectivity index (χ2v) is 4.04. The van der Waals surface area contributed by atoms with Gasteiger partial charge in [-0.25, -0.2) is 0 Å². The fourth-order valence-corrected chi connectivity index (χ4v) is 1.64. The number of hydrogen-bond acceptors (Lipinski definition) is 3. The van der Waals surface area contributed by atoms with Crippen molar-refractivity contribution in [1.82, 2.24) is 5.32 Å². The number of halogens is 1. The van der Waals surface area contributed by atoms with Gasteiger partial charge in [0.25, 0.3) is 0 Å². The first-order valence-corrected chi connectivity index (χ1v) is 5.27. The first-order chi connectivity index (χ1) is 7.49. The first-order valence-electron chi connectivity index (χ1n) is 4.45. The Morgan fingerprint density at radius 1 is 1.44 bits per heavy atom. The summed E-state index contributed by atoms with van der Waals surface area (Å²) in [5.74, 6) is -1.43. The molecule has 0 aliphatic heterocycles. The second-order valence-electron chi connectivity index (χ2n) is 3.12. The number of amides is 1. The van der Waals surface area contributed by atoms with Gasteiger partial charge in [0, 0.05) is 9.92 Å². The number of benzene rings is 1. The van der Waals surface area contributed by atoms with Gasteiger partial charge in [-0.05, 0) is 17.7 Å². The summed E-state index contributed by atoms with van der Waals surface area (Å²) in [5.41, 5.74) is 0.704. The number of nitrogens with one attached hydrogen (secondary N) is 1. The Morgan fingerprint density at radius 2 is 2.12 bits per heavy atom. The van der Waals surface area contributed by atoms with E-state index in [2.05, 4.69) is 17.9 Å². The molecule has 0 saturated carbocycles. The lowest BCUT2D eigenvalue weighted by Crippen LogP contribution is -2.30. The molecule has 0 unspecified atom stereocenters. The van der Waals surface area contributed by atoms with Crippen LogP contribution in [0.3, 0.4) is 0 Å². The average molecular weight is 260 g/mol. The van der Waals surface area contributed by atoms with E-state index in [1.807, 2.05) is 0 Å². The van der Waals surface area contributed by atoms with Crippen LogP contribution >= 0.6 is 24.2 Å². The van der Waals surface area contributed by atoms with E-state index >= 15 is 0 Å². The number of carboxylic acid groups (broad SMARTS) is 1. The summed E-state index contributed by atoms with van der Waals surface area (Å²) in [7, 11) is 0. The molecule has 0 bridgehead atoms. The molecule has 0 aliphatic rings. The summed E-state index contributed by atoms with van der Waals surface area (Å²) in [4.78, 5) is 22.1. The molecule has 0 aliphatic carbocycles. The van der Waals surface area contributed by atoms with Crippen LogP contribution in [-0.4, -0.2) is 23.5 Å². The Balaban J connectivity index is 2.59. The zero-order valence-corrected chi connectivity index (χ0v) is 9.89. The molecule has 2 N–H and O–H groups in total. The molecule has 1 aromatic rings. The van der Waals surface area contributed by atoms with Gasteiger partial charge < -0.3 is 10.4 Å². The number of carbonyl (C=O) groups is 2. The van der Waals surface area contributed by atoms with Gasteiger partial charge in [-0.2, -0.15) is 0 Å². The van der Waals surface area contributed by atoms with Crippen molar-refractivity contribution in [2.24, 2.45) is 0 Å². The van der Waals surface area contributed by atoms with Crippen molar-refractivity contribution in [3.05, 3.63) is 28.8 Å². The van der Waals surface area contributed by atoms with Gasteiger partial charge >= 0.3 is 5.97 Å². The predicted molar refractivity (Wildman–Crippen MR) is 63.1 cm³/mol. The highest BCUT2D eigenvalue weighted by Gasteiger charge is 2.07. The number of thiol groups is 1. The van der Waals surface area contributed by atoms with Gasteiger partial charge in [-0.15, -0.1) is 12.6 Å². The molecule has 1 aromatic carbocycles. The molecule has 1 rings (SSSR count). The fourth-order valence-electron chi connectivity index (χ4n) is 1.10. The van der Waals surface area contributed by atoms with E-state index in [-0.39, 0.29) is 18.9 Å². The minimum atomic E-state index is -1.07. The molecule has 0 aromatic heterocycles. The maximum atomic E-state index is 11.3.